The molecule has 2 N–H and O–H groups in total. The molecule has 2 aromatic carbocycles. The number of aromatic hydroxyl groups is 1. The predicted octanol–water partition coefficient (Wildman–Crippen LogP) is 3.70. The molecule has 23 heavy (non-hydrogen) atoms. The molecule has 0 aliphatic carbocycles. The van der Waals surface area contributed by atoms with Gasteiger partial charge in [0.2, 0.25) is 0 Å². The van der Waals surface area contributed by atoms with E-state index in [-0.39, 0.29) is 5.75 Å². The minimum Gasteiger partial charge on any atom is -0.507 e. The molecule has 116 valence electrons. The van der Waals surface area contributed by atoms with Gasteiger partial charge in [-0.2, -0.15) is 5.10 Å². The fraction of sp³-hybridized carbons (Fsp3) is 0.111. The van der Waals surface area contributed by atoms with E-state index in [0.717, 1.165) is 28.0 Å². The summed E-state index contributed by atoms with van der Waals surface area (Å²) in [6.45, 7) is 1.92. The SMILES string of the molecule is COc1cccc2c(N/N=C/c3ccccc3O)cc(C)nc12. The highest BCUT2D eigenvalue weighted by Gasteiger charge is 2.08. The van der Waals surface area contributed by atoms with E-state index in [1.807, 2.05) is 37.3 Å². The number of hydrogen-bond acceptors (Lipinski definition) is 5. The van der Waals surface area contributed by atoms with Gasteiger partial charge in [0.15, 0.2) is 0 Å². The second-order valence-corrected chi connectivity index (χ2v) is 5.10. The van der Waals surface area contributed by atoms with Crippen LogP contribution in [-0.4, -0.2) is 23.4 Å². The molecule has 0 saturated carbocycles. The van der Waals surface area contributed by atoms with Gasteiger partial charge in [0.05, 0.1) is 19.0 Å². The van der Waals surface area contributed by atoms with Crippen LogP contribution in [0.1, 0.15) is 11.3 Å². The van der Waals surface area contributed by atoms with Crippen LogP contribution in [0.3, 0.4) is 0 Å². The van der Waals surface area contributed by atoms with Gasteiger partial charge < -0.3 is 9.84 Å². The zero-order valence-electron chi connectivity index (χ0n) is 12.9. The van der Waals surface area contributed by atoms with Crippen LogP contribution in [0, 0.1) is 6.92 Å². The van der Waals surface area contributed by atoms with Crippen molar-refractivity contribution in [2.75, 3.05) is 12.5 Å². The lowest BCUT2D eigenvalue weighted by Gasteiger charge is -2.10. The van der Waals surface area contributed by atoms with Gasteiger partial charge in [-0.05, 0) is 31.2 Å². The fourth-order valence-electron chi connectivity index (χ4n) is 2.38. The zero-order valence-corrected chi connectivity index (χ0v) is 12.9. The molecule has 0 fully saturated rings. The lowest BCUT2D eigenvalue weighted by molar-refractivity contribution is 0.419. The molecule has 3 aromatic rings. The summed E-state index contributed by atoms with van der Waals surface area (Å²) in [4.78, 5) is 4.53. The number of aryl methyl sites for hydroxylation is 1. The molecular formula is C18H17N3O2. The minimum atomic E-state index is 0.190. The number of nitrogens with zero attached hydrogens (tertiary/aromatic N) is 2. The molecule has 0 atom stereocenters. The smallest absolute Gasteiger partial charge is 0.145 e. The molecule has 3 rings (SSSR count). The van der Waals surface area contributed by atoms with Crippen molar-refractivity contribution in [1.29, 1.82) is 0 Å². The van der Waals surface area contributed by atoms with Crippen LogP contribution in [0.25, 0.3) is 10.9 Å². The number of fused-ring (bicyclic) bond motifs is 1. The molecule has 0 amide bonds. The second-order valence-electron chi connectivity index (χ2n) is 5.10. The van der Waals surface area contributed by atoms with E-state index < -0.39 is 0 Å². The predicted molar refractivity (Wildman–Crippen MR) is 92.4 cm³/mol. The topological polar surface area (TPSA) is 66.7 Å². The normalized spacial score (nSPS) is 11.0. The highest BCUT2D eigenvalue weighted by atomic mass is 16.5. The number of rotatable bonds is 4. The first-order chi connectivity index (χ1) is 11.2. The zero-order chi connectivity index (χ0) is 16.2. The number of hydrazone groups is 1. The van der Waals surface area contributed by atoms with E-state index in [4.69, 9.17) is 4.74 Å². The summed E-state index contributed by atoms with van der Waals surface area (Å²) in [5.74, 6) is 0.911. The van der Waals surface area contributed by atoms with Crippen LogP contribution in [0.5, 0.6) is 11.5 Å². The number of methoxy groups -OCH3 is 1. The van der Waals surface area contributed by atoms with Crippen LogP contribution >= 0.6 is 0 Å². The number of phenolic OH excluding ortho intramolecular Hbond substituents is 1. The number of anilines is 1. The maximum Gasteiger partial charge on any atom is 0.145 e. The van der Waals surface area contributed by atoms with Crippen LogP contribution in [0.4, 0.5) is 5.69 Å². The van der Waals surface area contributed by atoms with Crippen LogP contribution in [-0.2, 0) is 0 Å². The molecule has 0 aliphatic rings. The first-order valence-corrected chi connectivity index (χ1v) is 7.20. The van der Waals surface area contributed by atoms with Crippen molar-refractivity contribution in [3.05, 3.63) is 59.8 Å². The fourth-order valence-corrected chi connectivity index (χ4v) is 2.38. The van der Waals surface area contributed by atoms with Gasteiger partial charge in [-0.25, -0.2) is 4.98 Å². The second kappa shape index (κ2) is 6.36. The Morgan fingerprint density at radius 1 is 1.17 bits per heavy atom. The van der Waals surface area contributed by atoms with Gasteiger partial charge >= 0.3 is 0 Å². The maximum absolute atomic E-state index is 9.75. The molecule has 5 heteroatoms. The molecule has 1 aromatic heterocycles. The van der Waals surface area contributed by atoms with Crippen LogP contribution < -0.4 is 10.2 Å². The van der Waals surface area contributed by atoms with E-state index in [1.165, 1.54) is 0 Å². The quantitative estimate of drug-likeness (QED) is 0.569. The molecule has 0 radical (unpaired) electrons. The van der Waals surface area contributed by atoms with E-state index >= 15 is 0 Å². The maximum atomic E-state index is 9.75. The Hall–Kier alpha value is -3.08. The Morgan fingerprint density at radius 3 is 2.78 bits per heavy atom. The summed E-state index contributed by atoms with van der Waals surface area (Å²) in [5.41, 5.74) is 6.15. The van der Waals surface area contributed by atoms with Crippen molar-refractivity contribution < 1.29 is 9.84 Å². The Balaban J connectivity index is 1.96. The van der Waals surface area contributed by atoms with E-state index in [2.05, 4.69) is 15.5 Å². The highest BCUT2D eigenvalue weighted by Crippen LogP contribution is 2.29. The van der Waals surface area contributed by atoms with Crippen molar-refractivity contribution in [2.24, 2.45) is 5.10 Å². The number of nitrogens with one attached hydrogen (secondary N) is 1. The first kappa shape index (κ1) is 14.8. The van der Waals surface area contributed by atoms with Crippen molar-refractivity contribution in [2.45, 2.75) is 6.92 Å². The standard InChI is InChI=1S/C18H17N3O2/c1-12-10-15(14-7-5-9-17(23-2)18(14)20-12)21-19-11-13-6-3-4-8-16(13)22/h3-11,22H,1-2H3,(H,20,21)/b19-11+. The van der Waals surface area contributed by atoms with Gasteiger partial charge in [0, 0.05) is 16.6 Å². The molecule has 0 bridgehead atoms. The van der Waals surface area contributed by atoms with E-state index in [0.29, 0.717) is 5.56 Å². The highest BCUT2D eigenvalue weighted by molar-refractivity contribution is 5.95. The first-order valence-electron chi connectivity index (χ1n) is 7.20. The minimum absolute atomic E-state index is 0.190. The summed E-state index contributed by atoms with van der Waals surface area (Å²) in [6.07, 6.45) is 1.58. The number of para-hydroxylation sites is 2. The molecule has 0 aliphatic heterocycles. The molecule has 0 saturated heterocycles. The van der Waals surface area contributed by atoms with Crippen molar-refractivity contribution in [3.63, 3.8) is 0 Å². The molecule has 5 nitrogen and oxygen atoms in total. The Labute approximate surface area is 134 Å². The molecular weight excluding hydrogens is 290 g/mol. The molecule has 1 heterocycles. The summed E-state index contributed by atoms with van der Waals surface area (Å²) < 4.78 is 5.37. The molecule has 0 unspecified atom stereocenters. The largest absolute Gasteiger partial charge is 0.507 e. The number of ether oxygens (including phenoxy) is 1. The number of phenols is 1. The van der Waals surface area contributed by atoms with Crippen molar-refractivity contribution in [3.8, 4) is 11.5 Å². The lowest BCUT2D eigenvalue weighted by Crippen LogP contribution is -1.96. The molecule has 0 spiro atoms. The Kier molecular flexibility index (Phi) is 4.10. The van der Waals surface area contributed by atoms with Gasteiger partial charge in [-0.1, -0.05) is 24.3 Å². The number of pyridine rings is 1. The average molecular weight is 307 g/mol. The number of benzene rings is 2. The van der Waals surface area contributed by atoms with Crippen molar-refractivity contribution >= 4 is 22.8 Å². The van der Waals surface area contributed by atoms with Gasteiger partial charge in [-0.15, -0.1) is 0 Å². The van der Waals surface area contributed by atoms with Gasteiger partial charge in [0.25, 0.3) is 0 Å². The lowest BCUT2D eigenvalue weighted by atomic mass is 10.1. The van der Waals surface area contributed by atoms with Gasteiger partial charge in [-0.3, -0.25) is 5.43 Å². The Morgan fingerprint density at radius 2 is 2.00 bits per heavy atom. The van der Waals surface area contributed by atoms with Crippen LogP contribution in [0.2, 0.25) is 0 Å². The average Bonchev–Trinajstić information content (AvgIpc) is 2.56. The third kappa shape index (κ3) is 3.08. The van der Waals surface area contributed by atoms with Crippen LogP contribution in [0.15, 0.2) is 53.6 Å². The monoisotopic (exact) mass is 307 g/mol. The summed E-state index contributed by atoms with van der Waals surface area (Å²) in [5, 5.41) is 14.9. The summed E-state index contributed by atoms with van der Waals surface area (Å²) >= 11 is 0. The number of aromatic nitrogens is 1. The Bertz CT molecular complexity index is 875. The third-order valence-corrected chi connectivity index (χ3v) is 3.48. The summed E-state index contributed by atoms with van der Waals surface area (Å²) in [6, 6.07) is 14.7. The van der Waals surface area contributed by atoms with E-state index in [1.54, 1.807) is 31.5 Å². The summed E-state index contributed by atoms with van der Waals surface area (Å²) in [7, 11) is 1.63. The number of hydrogen-bond donors (Lipinski definition) is 2. The van der Waals surface area contributed by atoms with E-state index in [9.17, 15) is 5.11 Å². The van der Waals surface area contributed by atoms with Gasteiger partial charge in [0.1, 0.15) is 17.0 Å². The third-order valence-electron chi connectivity index (χ3n) is 3.48. The van der Waals surface area contributed by atoms with Crippen molar-refractivity contribution in [1.82, 2.24) is 4.98 Å².